The van der Waals surface area contributed by atoms with Gasteiger partial charge in [0.2, 0.25) is 0 Å². The first kappa shape index (κ1) is 20.9. The number of H-pyrrole nitrogens is 1. The molecule has 2 aromatic carbocycles. The average molecular weight is 425 g/mol. The van der Waals surface area contributed by atoms with Gasteiger partial charge in [-0.05, 0) is 61.5 Å². The lowest BCUT2D eigenvalue weighted by Crippen LogP contribution is -2.36. The zero-order chi connectivity index (χ0) is 22.4. The summed E-state index contributed by atoms with van der Waals surface area (Å²) in [6.45, 7) is 4.52. The molecule has 0 amide bonds. The molecule has 0 saturated carbocycles. The largest absolute Gasteiger partial charge is 0.397 e. The van der Waals surface area contributed by atoms with Gasteiger partial charge in [-0.2, -0.15) is 18.3 Å². The van der Waals surface area contributed by atoms with Gasteiger partial charge in [0.15, 0.2) is 0 Å². The van der Waals surface area contributed by atoms with Crippen molar-refractivity contribution in [3.05, 3.63) is 87.8 Å². The summed E-state index contributed by atoms with van der Waals surface area (Å²) in [6, 6.07) is 17.2. The third-order valence-corrected chi connectivity index (χ3v) is 5.72. The molecule has 7 heteroatoms. The number of benzene rings is 2. The number of aromatic nitrogens is 3. The minimum atomic E-state index is -4.34. The Morgan fingerprint density at radius 3 is 2.29 bits per heavy atom. The molecule has 0 fully saturated rings. The van der Waals surface area contributed by atoms with Crippen LogP contribution in [-0.2, 0) is 12.0 Å². The molecule has 2 heterocycles. The number of rotatable bonds is 4. The summed E-state index contributed by atoms with van der Waals surface area (Å²) >= 11 is 0. The first-order valence-electron chi connectivity index (χ1n) is 9.88. The van der Waals surface area contributed by atoms with Gasteiger partial charge in [0, 0.05) is 17.3 Å². The van der Waals surface area contributed by atoms with Crippen LogP contribution in [0.2, 0.25) is 0 Å². The van der Waals surface area contributed by atoms with Crippen LogP contribution < -0.4 is 5.56 Å². The van der Waals surface area contributed by atoms with Gasteiger partial charge in [-0.15, -0.1) is 0 Å². The van der Waals surface area contributed by atoms with Crippen molar-refractivity contribution in [2.24, 2.45) is 0 Å². The molecule has 0 atom stereocenters. The maximum absolute atomic E-state index is 13.3. The molecule has 0 aliphatic heterocycles. The maximum Gasteiger partial charge on any atom is 0.397 e. The Morgan fingerprint density at radius 2 is 1.68 bits per heavy atom. The highest BCUT2D eigenvalue weighted by Crippen LogP contribution is 2.40. The highest BCUT2D eigenvalue weighted by atomic mass is 19.4. The quantitative estimate of drug-likeness (QED) is 0.464. The van der Waals surface area contributed by atoms with Crippen LogP contribution >= 0.6 is 0 Å². The third kappa shape index (κ3) is 3.87. The molecule has 4 rings (SSSR count). The minimum absolute atomic E-state index is 0.171. The van der Waals surface area contributed by atoms with E-state index < -0.39 is 11.6 Å². The van der Waals surface area contributed by atoms with Crippen LogP contribution in [0.4, 0.5) is 13.2 Å². The molecule has 1 N–H and O–H groups in total. The lowest BCUT2D eigenvalue weighted by atomic mass is 9.83. The predicted octanol–water partition coefficient (Wildman–Crippen LogP) is 5.59. The first-order valence-corrected chi connectivity index (χ1v) is 9.88. The molecule has 4 aromatic rings. The van der Waals surface area contributed by atoms with Crippen molar-refractivity contribution >= 4 is 10.9 Å². The number of hydrogen-bond donors (Lipinski definition) is 1. The number of pyridine rings is 1. The lowest BCUT2D eigenvalue weighted by molar-refractivity contribution is -0.180. The summed E-state index contributed by atoms with van der Waals surface area (Å²) in [4.78, 5) is 12.6. The van der Waals surface area contributed by atoms with Gasteiger partial charge in [-0.25, -0.2) is 0 Å². The van der Waals surface area contributed by atoms with Gasteiger partial charge in [0.05, 0.1) is 23.2 Å². The summed E-state index contributed by atoms with van der Waals surface area (Å²) in [5.74, 6) is 0. The van der Waals surface area contributed by atoms with Gasteiger partial charge in [-0.1, -0.05) is 30.3 Å². The molecule has 0 aliphatic rings. The second kappa shape index (κ2) is 7.41. The number of nitrogens with one attached hydrogen (secondary N) is 1. The normalized spacial score (nSPS) is 12.5. The first-order chi connectivity index (χ1) is 14.6. The second-order valence-corrected chi connectivity index (χ2v) is 8.29. The number of hydrogen-bond acceptors (Lipinski definition) is 2. The molecule has 160 valence electrons. The van der Waals surface area contributed by atoms with Crippen molar-refractivity contribution in [3.63, 3.8) is 0 Å². The predicted molar refractivity (Wildman–Crippen MR) is 115 cm³/mol. The van der Waals surface area contributed by atoms with E-state index in [1.165, 1.54) is 18.2 Å². The van der Waals surface area contributed by atoms with Crippen molar-refractivity contribution in [3.8, 4) is 11.3 Å². The Bertz CT molecular complexity index is 1300. The molecule has 0 spiro atoms. The van der Waals surface area contributed by atoms with Crippen LogP contribution in [-0.4, -0.2) is 20.9 Å². The molecule has 0 unspecified atom stereocenters. The van der Waals surface area contributed by atoms with Gasteiger partial charge < -0.3 is 4.57 Å². The minimum Gasteiger partial charge on any atom is -0.304 e. The van der Waals surface area contributed by atoms with E-state index >= 15 is 0 Å². The van der Waals surface area contributed by atoms with E-state index in [0.717, 1.165) is 47.3 Å². The Labute approximate surface area is 177 Å². The van der Waals surface area contributed by atoms with Gasteiger partial charge >= 0.3 is 6.18 Å². The van der Waals surface area contributed by atoms with Crippen LogP contribution in [0.5, 0.6) is 0 Å². The summed E-state index contributed by atoms with van der Waals surface area (Å²) < 4.78 is 41.5. The fraction of sp³-hybridized carbons (Fsp3) is 0.250. The number of aromatic amines is 1. The van der Waals surface area contributed by atoms with Crippen molar-refractivity contribution in [1.29, 1.82) is 0 Å². The molecule has 31 heavy (non-hydrogen) atoms. The lowest BCUT2D eigenvalue weighted by Gasteiger charge is -2.28. The molecule has 0 aliphatic carbocycles. The second-order valence-electron chi connectivity index (χ2n) is 8.29. The summed E-state index contributed by atoms with van der Waals surface area (Å²) in [7, 11) is 0. The molecule has 0 bridgehead atoms. The summed E-state index contributed by atoms with van der Waals surface area (Å²) in [6.07, 6.45) is -4.34. The van der Waals surface area contributed by atoms with E-state index in [2.05, 4.69) is 10.2 Å². The summed E-state index contributed by atoms with van der Waals surface area (Å²) in [5.41, 5.74) is 2.29. The van der Waals surface area contributed by atoms with E-state index in [9.17, 15) is 18.0 Å². The fourth-order valence-electron chi connectivity index (χ4n) is 3.56. The van der Waals surface area contributed by atoms with E-state index in [1.807, 2.05) is 31.2 Å². The molecular weight excluding hydrogens is 403 g/mol. The fourth-order valence-corrected chi connectivity index (χ4v) is 3.56. The number of aryl methyl sites for hydroxylation is 1. The van der Waals surface area contributed by atoms with Crippen molar-refractivity contribution in [2.45, 2.75) is 38.9 Å². The highest BCUT2D eigenvalue weighted by Gasteiger charge is 2.48. The Kier molecular flexibility index (Phi) is 5.00. The monoisotopic (exact) mass is 425 g/mol. The van der Waals surface area contributed by atoms with Crippen LogP contribution in [0.1, 0.15) is 30.7 Å². The smallest absolute Gasteiger partial charge is 0.304 e. The molecule has 2 aromatic heterocycles. The Balaban J connectivity index is 1.68. The number of nitrogens with zero attached hydrogens (tertiary/aromatic N) is 2. The zero-order valence-electron chi connectivity index (χ0n) is 17.4. The number of fused-ring (bicyclic) bond motifs is 1. The van der Waals surface area contributed by atoms with Crippen LogP contribution in [0.25, 0.3) is 22.2 Å². The van der Waals surface area contributed by atoms with E-state index in [0.29, 0.717) is 0 Å². The molecule has 0 saturated heterocycles. The maximum atomic E-state index is 13.3. The zero-order valence-corrected chi connectivity index (χ0v) is 17.4. The summed E-state index contributed by atoms with van der Waals surface area (Å²) in [5, 5.41) is 8.07. The number of alkyl halides is 3. The Hall–Kier alpha value is -3.35. The van der Waals surface area contributed by atoms with Gasteiger partial charge in [-0.3, -0.25) is 9.89 Å². The van der Waals surface area contributed by atoms with Crippen LogP contribution in [0.3, 0.4) is 0 Å². The van der Waals surface area contributed by atoms with E-state index in [-0.39, 0.29) is 17.7 Å². The van der Waals surface area contributed by atoms with Crippen LogP contribution in [0, 0.1) is 6.92 Å². The van der Waals surface area contributed by atoms with Crippen LogP contribution in [0.15, 0.2) is 65.5 Å². The van der Waals surface area contributed by atoms with Crippen molar-refractivity contribution in [1.82, 2.24) is 14.8 Å². The van der Waals surface area contributed by atoms with Crippen molar-refractivity contribution in [2.75, 3.05) is 0 Å². The van der Waals surface area contributed by atoms with E-state index in [4.69, 9.17) is 0 Å². The van der Waals surface area contributed by atoms with E-state index in [1.54, 1.807) is 22.8 Å². The average Bonchev–Trinajstić information content (AvgIpc) is 3.16. The SMILES string of the molecule is Cc1cc(-c2ccc3c(ccc(=O)n3Cc3ccc(C(C)(C)C(F)(F)F)cc3)c2)n[nH]1. The highest BCUT2D eigenvalue weighted by molar-refractivity contribution is 5.84. The molecular formula is C24H22F3N3O. The Morgan fingerprint density at radius 1 is 0.968 bits per heavy atom. The van der Waals surface area contributed by atoms with Gasteiger partial charge in [0.25, 0.3) is 5.56 Å². The van der Waals surface area contributed by atoms with Gasteiger partial charge in [0.1, 0.15) is 0 Å². The topological polar surface area (TPSA) is 50.7 Å². The number of halogens is 3. The molecule has 4 nitrogen and oxygen atoms in total. The molecule has 0 radical (unpaired) electrons. The van der Waals surface area contributed by atoms with Crippen molar-refractivity contribution < 1.29 is 13.2 Å². The third-order valence-electron chi connectivity index (χ3n) is 5.72. The standard InChI is InChI=1S/C24H22F3N3O/c1-15-12-20(29-28-15)17-6-10-21-18(13-17)7-11-22(31)30(21)14-16-4-8-19(9-5-16)23(2,3)24(25,26)27/h4-13H,14H2,1-3H3,(H,28,29).